The molecule has 11 N–H and O–H groups in total. The van der Waals surface area contributed by atoms with Gasteiger partial charge in [-0.05, 0) is 56.3 Å². The summed E-state index contributed by atoms with van der Waals surface area (Å²) in [5, 5.41) is 25.8. The van der Waals surface area contributed by atoms with E-state index in [1.165, 1.54) is 12.1 Å². The number of carbonyl (C=O) groups is 5. The number of amides is 4. The van der Waals surface area contributed by atoms with Crippen LogP contribution in [0.25, 0.3) is 0 Å². The quantitative estimate of drug-likeness (QED) is 0.116. The zero-order chi connectivity index (χ0) is 26.4. The van der Waals surface area contributed by atoms with Gasteiger partial charge in [0.2, 0.25) is 23.6 Å². The van der Waals surface area contributed by atoms with Crippen molar-refractivity contribution in [2.75, 3.05) is 13.1 Å². The van der Waals surface area contributed by atoms with Gasteiger partial charge < -0.3 is 43.4 Å². The molecule has 194 valence electrons. The Morgan fingerprint density at radius 3 is 2.14 bits per heavy atom. The molecule has 13 heteroatoms. The number of carboxylic acid groups (broad SMARTS) is 1. The summed E-state index contributed by atoms with van der Waals surface area (Å²) in [5.74, 6) is -3.99. The monoisotopic (exact) mass is 494 g/mol. The number of aromatic hydroxyl groups is 1. The number of aliphatic carboxylic acids is 1. The van der Waals surface area contributed by atoms with Crippen LogP contribution in [0.2, 0.25) is 0 Å². The molecule has 0 aromatic heterocycles. The Hall–Kier alpha value is -3.71. The van der Waals surface area contributed by atoms with Crippen molar-refractivity contribution < 1.29 is 34.2 Å². The van der Waals surface area contributed by atoms with Gasteiger partial charge >= 0.3 is 5.97 Å². The highest BCUT2D eigenvalue weighted by atomic mass is 16.4. The molecule has 0 heterocycles. The Balaban J connectivity index is 2.66. The number of unbranched alkanes of at least 4 members (excludes halogenated alkanes) is 1. The van der Waals surface area contributed by atoms with Crippen LogP contribution in [0.1, 0.15) is 37.7 Å². The molecule has 3 unspecified atom stereocenters. The summed E-state index contributed by atoms with van der Waals surface area (Å²) >= 11 is 0. The molecule has 1 aromatic rings. The van der Waals surface area contributed by atoms with Gasteiger partial charge in [0, 0.05) is 6.42 Å². The number of hydrogen-bond acceptors (Lipinski definition) is 8. The highest BCUT2D eigenvalue weighted by molar-refractivity contribution is 5.92. The lowest BCUT2D eigenvalue weighted by molar-refractivity contribution is -0.142. The van der Waals surface area contributed by atoms with Crippen molar-refractivity contribution >= 4 is 29.6 Å². The lowest BCUT2D eigenvalue weighted by Gasteiger charge is -2.21. The summed E-state index contributed by atoms with van der Waals surface area (Å²) < 4.78 is 0. The van der Waals surface area contributed by atoms with Crippen LogP contribution in [-0.2, 0) is 30.4 Å². The summed E-state index contributed by atoms with van der Waals surface area (Å²) in [6, 6.07) is 2.78. The van der Waals surface area contributed by atoms with Gasteiger partial charge in [-0.15, -0.1) is 0 Å². The van der Waals surface area contributed by atoms with E-state index in [-0.39, 0.29) is 31.4 Å². The third-order valence-corrected chi connectivity index (χ3v) is 5.04. The van der Waals surface area contributed by atoms with Gasteiger partial charge in [-0.3, -0.25) is 19.2 Å². The van der Waals surface area contributed by atoms with Gasteiger partial charge in [-0.25, -0.2) is 4.79 Å². The first kappa shape index (κ1) is 29.3. The minimum atomic E-state index is -1.36. The fraction of sp³-hybridized carbons (Fsp3) is 0.500. The maximum absolute atomic E-state index is 12.6. The zero-order valence-electron chi connectivity index (χ0n) is 19.4. The van der Waals surface area contributed by atoms with Gasteiger partial charge in [0.05, 0.1) is 12.6 Å². The maximum Gasteiger partial charge on any atom is 0.326 e. The second kappa shape index (κ2) is 15.2. The average Bonchev–Trinajstić information content (AvgIpc) is 2.80. The van der Waals surface area contributed by atoms with Gasteiger partial charge in [0.25, 0.3) is 0 Å². The molecular formula is C22H34N6O7. The van der Waals surface area contributed by atoms with E-state index in [1.54, 1.807) is 12.1 Å². The van der Waals surface area contributed by atoms with Crippen LogP contribution >= 0.6 is 0 Å². The minimum Gasteiger partial charge on any atom is -0.508 e. The highest BCUT2D eigenvalue weighted by Crippen LogP contribution is 2.11. The fourth-order valence-corrected chi connectivity index (χ4v) is 3.10. The van der Waals surface area contributed by atoms with Crippen LogP contribution in [0.5, 0.6) is 5.75 Å². The fourth-order valence-electron chi connectivity index (χ4n) is 3.10. The van der Waals surface area contributed by atoms with Gasteiger partial charge in [-0.2, -0.15) is 0 Å². The first-order valence-electron chi connectivity index (χ1n) is 11.2. The van der Waals surface area contributed by atoms with Crippen LogP contribution < -0.4 is 33.2 Å². The van der Waals surface area contributed by atoms with E-state index in [4.69, 9.17) is 17.2 Å². The molecule has 1 rings (SSSR count). The van der Waals surface area contributed by atoms with Crippen LogP contribution in [0.15, 0.2) is 24.3 Å². The smallest absolute Gasteiger partial charge is 0.326 e. The molecule has 0 fully saturated rings. The normalized spacial score (nSPS) is 13.2. The minimum absolute atomic E-state index is 0.0797. The number of carboxylic acids is 1. The van der Waals surface area contributed by atoms with Crippen LogP contribution in [0, 0.1) is 0 Å². The standard InChI is InChI=1S/C22H34N6O7/c23-10-2-1-3-16(21(33)28-17(22(34)35)8-9-18(25)30)27-19(31)12-26-20(32)15(24)11-13-4-6-14(29)7-5-13/h4-7,15-17,29H,1-3,8-12,23-24H2,(H2,25,30)(H,26,32)(H,27,31)(H,28,33)(H,34,35). The van der Waals surface area contributed by atoms with Crippen LogP contribution in [-0.4, -0.2) is 71.0 Å². The molecule has 0 aliphatic heterocycles. The first-order chi connectivity index (χ1) is 16.5. The summed E-state index contributed by atoms with van der Waals surface area (Å²) in [6.07, 6.45) is 0.988. The van der Waals surface area contributed by atoms with Crippen molar-refractivity contribution in [1.82, 2.24) is 16.0 Å². The largest absolute Gasteiger partial charge is 0.508 e. The third kappa shape index (κ3) is 11.8. The molecule has 0 saturated heterocycles. The number of benzene rings is 1. The molecular weight excluding hydrogens is 460 g/mol. The third-order valence-electron chi connectivity index (χ3n) is 5.04. The molecule has 1 aromatic carbocycles. The Bertz CT molecular complexity index is 878. The number of phenolic OH excluding ortho intramolecular Hbond substituents is 1. The molecule has 0 bridgehead atoms. The summed E-state index contributed by atoms with van der Waals surface area (Å²) in [7, 11) is 0. The van der Waals surface area contributed by atoms with Crippen molar-refractivity contribution in [2.24, 2.45) is 17.2 Å². The summed E-state index contributed by atoms with van der Waals surface area (Å²) in [6.45, 7) is -0.0829. The number of phenols is 1. The van der Waals surface area contributed by atoms with Crippen molar-refractivity contribution in [3.8, 4) is 5.75 Å². The van der Waals surface area contributed by atoms with E-state index in [0.29, 0.717) is 19.4 Å². The van der Waals surface area contributed by atoms with Crippen molar-refractivity contribution in [1.29, 1.82) is 0 Å². The zero-order valence-corrected chi connectivity index (χ0v) is 19.4. The first-order valence-corrected chi connectivity index (χ1v) is 11.2. The van der Waals surface area contributed by atoms with Gasteiger partial charge in [0.1, 0.15) is 17.8 Å². The van der Waals surface area contributed by atoms with Crippen molar-refractivity contribution in [2.45, 2.75) is 56.7 Å². The molecule has 13 nitrogen and oxygen atoms in total. The van der Waals surface area contributed by atoms with E-state index < -0.39 is 54.3 Å². The Morgan fingerprint density at radius 2 is 1.57 bits per heavy atom. The lowest BCUT2D eigenvalue weighted by Crippen LogP contribution is -2.54. The number of hydrogen-bond donors (Lipinski definition) is 8. The topological polar surface area (TPSA) is 240 Å². The molecule has 0 radical (unpaired) electrons. The molecule has 4 amide bonds. The molecule has 0 spiro atoms. The maximum atomic E-state index is 12.6. The van der Waals surface area contributed by atoms with Gasteiger partial charge in [-0.1, -0.05) is 12.1 Å². The van der Waals surface area contributed by atoms with E-state index in [2.05, 4.69) is 16.0 Å². The second-order valence-corrected chi connectivity index (χ2v) is 8.00. The summed E-state index contributed by atoms with van der Waals surface area (Å²) in [5.41, 5.74) is 17.1. The average molecular weight is 495 g/mol. The Morgan fingerprint density at radius 1 is 0.914 bits per heavy atom. The molecule has 3 atom stereocenters. The van der Waals surface area contributed by atoms with Crippen LogP contribution in [0.3, 0.4) is 0 Å². The molecule has 35 heavy (non-hydrogen) atoms. The lowest BCUT2D eigenvalue weighted by atomic mass is 10.1. The molecule has 0 aliphatic carbocycles. The van der Waals surface area contributed by atoms with Crippen molar-refractivity contribution in [3.63, 3.8) is 0 Å². The molecule has 0 aliphatic rings. The highest BCUT2D eigenvalue weighted by Gasteiger charge is 2.27. The Kier molecular flexibility index (Phi) is 12.8. The number of rotatable bonds is 16. The van der Waals surface area contributed by atoms with Crippen molar-refractivity contribution in [3.05, 3.63) is 29.8 Å². The summed E-state index contributed by atoms with van der Waals surface area (Å²) in [4.78, 5) is 59.6. The van der Waals surface area contributed by atoms with E-state index in [1.807, 2.05) is 0 Å². The molecule has 0 saturated carbocycles. The second-order valence-electron chi connectivity index (χ2n) is 8.00. The number of nitrogens with two attached hydrogens (primary N) is 3. The Labute approximate surface area is 202 Å². The SMILES string of the molecule is NCCCCC(NC(=O)CNC(=O)C(N)Cc1ccc(O)cc1)C(=O)NC(CCC(N)=O)C(=O)O. The van der Waals surface area contributed by atoms with Crippen LogP contribution in [0.4, 0.5) is 0 Å². The van der Waals surface area contributed by atoms with E-state index >= 15 is 0 Å². The number of nitrogens with one attached hydrogen (secondary N) is 3. The number of primary amides is 1. The van der Waals surface area contributed by atoms with E-state index in [9.17, 15) is 34.2 Å². The number of carbonyl (C=O) groups excluding carboxylic acids is 4. The predicted octanol–water partition coefficient (Wildman–Crippen LogP) is -2.17. The predicted molar refractivity (Wildman–Crippen MR) is 126 cm³/mol. The van der Waals surface area contributed by atoms with E-state index in [0.717, 1.165) is 5.56 Å². The van der Waals surface area contributed by atoms with Gasteiger partial charge in [0.15, 0.2) is 0 Å².